The zero-order valence-electron chi connectivity index (χ0n) is 13.7. The third-order valence-electron chi connectivity index (χ3n) is 4.88. The summed E-state index contributed by atoms with van der Waals surface area (Å²) in [7, 11) is 0. The van der Waals surface area contributed by atoms with Crippen LogP contribution in [-0.4, -0.2) is 34.8 Å². The van der Waals surface area contributed by atoms with Crippen LogP contribution in [0.3, 0.4) is 0 Å². The molecular weight excluding hydrogens is 322 g/mol. The van der Waals surface area contributed by atoms with Crippen LogP contribution in [-0.2, 0) is 9.59 Å². The maximum absolute atomic E-state index is 12.5. The van der Waals surface area contributed by atoms with E-state index in [1.807, 2.05) is 24.0 Å². The molecule has 0 unspecified atom stereocenters. The average Bonchev–Trinajstić information content (AvgIpc) is 3.35. The van der Waals surface area contributed by atoms with Gasteiger partial charge in [-0.25, -0.2) is 4.98 Å². The van der Waals surface area contributed by atoms with Gasteiger partial charge in [-0.3, -0.25) is 9.59 Å². The molecule has 0 bridgehead atoms. The maximum Gasteiger partial charge on any atom is 0.229 e. The van der Waals surface area contributed by atoms with Gasteiger partial charge in [0.25, 0.3) is 0 Å². The zero-order chi connectivity index (χ0) is 16.7. The van der Waals surface area contributed by atoms with Crippen molar-refractivity contribution in [3.05, 3.63) is 23.8 Å². The molecule has 4 rings (SSSR count). The predicted molar refractivity (Wildman–Crippen MR) is 95.0 cm³/mol. The highest BCUT2D eigenvalue weighted by Crippen LogP contribution is 2.33. The van der Waals surface area contributed by atoms with Crippen molar-refractivity contribution in [3.63, 3.8) is 0 Å². The number of carbonyl (C=O) groups is 2. The number of fused-ring (bicyclic) bond motifs is 1. The number of amides is 2. The summed E-state index contributed by atoms with van der Waals surface area (Å²) < 4.78 is 1.09. The summed E-state index contributed by atoms with van der Waals surface area (Å²) in [4.78, 5) is 31.0. The lowest BCUT2D eigenvalue weighted by Crippen LogP contribution is -2.42. The topological polar surface area (TPSA) is 62.3 Å². The van der Waals surface area contributed by atoms with Crippen molar-refractivity contribution >= 4 is 38.5 Å². The van der Waals surface area contributed by atoms with E-state index in [2.05, 4.69) is 16.4 Å². The number of anilines is 1. The molecule has 5 nitrogen and oxygen atoms in total. The SMILES string of the molecule is Cc1ccc2nc(NC(=O)C3CCN(C(=O)C4CC4)CC3)sc2c1. The van der Waals surface area contributed by atoms with E-state index in [-0.39, 0.29) is 23.7 Å². The zero-order valence-corrected chi connectivity index (χ0v) is 14.6. The molecule has 2 amide bonds. The Morgan fingerprint density at radius 2 is 1.92 bits per heavy atom. The number of rotatable bonds is 3. The van der Waals surface area contributed by atoms with Crippen LogP contribution in [0.4, 0.5) is 5.13 Å². The Labute approximate surface area is 145 Å². The molecule has 6 heteroatoms. The maximum atomic E-state index is 12.5. The molecule has 0 atom stereocenters. The molecule has 2 fully saturated rings. The second-order valence-corrected chi connectivity index (χ2v) is 7.88. The van der Waals surface area contributed by atoms with Crippen LogP contribution >= 0.6 is 11.3 Å². The fourth-order valence-electron chi connectivity index (χ4n) is 3.24. The normalized spacial score (nSPS) is 18.8. The number of likely N-dealkylation sites (tertiary alicyclic amines) is 1. The summed E-state index contributed by atoms with van der Waals surface area (Å²) in [5.41, 5.74) is 2.11. The average molecular weight is 343 g/mol. The van der Waals surface area contributed by atoms with Crippen LogP contribution in [0.1, 0.15) is 31.2 Å². The first kappa shape index (κ1) is 15.6. The molecule has 1 N–H and O–H groups in total. The molecule has 2 aliphatic rings. The van der Waals surface area contributed by atoms with Gasteiger partial charge in [0.15, 0.2) is 5.13 Å². The Balaban J connectivity index is 1.36. The number of hydrogen-bond acceptors (Lipinski definition) is 4. The summed E-state index contributed by atoms with van der Waals surface area (Å²) in [6.07, 6.45) is 3.56. The molecule has 1 saturated carbocycles. The molecule has 1 aliphatic carbocycles. The van der Waals surface area contributed by atoms with Crippen LogP contribution in [0.25, 0.3) is 10.2 Å². The van der Waals surface area contributed by atoms with Crippen LogP contribution in [0.2, 0.25) is 0 Å². The summed E-state index contributed by atoms with van der Waals surface area (Å²) in [5, 5.41) is 3.63. The van der Waals surface area contributed by atoms with E-state index in [4.69, 9.17) is 0 Å². The number of benzene rings is 1. The Bertz CT molecular complexity index is 789. The number of aryl methyl sites for hydroxylation is 1. The molecule has 1 aliphatic heterocycles. The summed E-state index contributed by atoms with van der Waals surface area (Å²) >= 11 is 1.51. The highest BCUT2D eigenvalue weighted by molar-refractivity contribution is 7.22. The van der Waals surface area contributed by atoms with E-state index in [1.54, 1.807) is 0 Å². The minimum absolute atomic E-state index is 0.0259. The van der Waals surface area contributed by atoms with Crippen molar-refractivity contribution in [2.45, 2.75) is 32.6 Å². The van der Waals surface area contributed by atoms with Crippen molar-refractivity contribution in [2.24, 2.45) is 11.8 Å². The smallest absolute Gasteiger partial charge is 0.229 e. The van der Waals surface area contributed by atoms with Gasteiger partial charge in [0.05, 0.1) is 10.2 Å². The van der Waals surface area contributed by atoms with Gasteiger partial charge >= 0.3 is 0 Å². The second-order valence-electron chi connectivity index (χ2n) is 6.85. The molecule has 0 radical (unpaired) electrons. The molecule has 126 valence electrons. The molecule has 2 heterocycles. The third-order valence-corrected chi connectivity index (χ3v) is 5.81. The number of nitrogens with zero attached hydrogens (tertiary/aromatic N) is 2. The first-order chi connectivity index (χ1) is 11.6. The summed E-state index contributed by atoms with van der Waals surface area (Å²) in [5.74, 6) is 0.559. The van der Waals surface area contributed by atoms with Gasteiger partial charge in [-0.2, -0.15) is 0 Å². The van der Waals surface area contributed by atoms with Crippen molar-refractivity contribution in [3.8, 4) is 0 Å². The standard InChI is InChI=1S/C18H21N3O2S/c1-11-2-5-14-15(10-11)24-18(19-14)20-16(22)12-6-8-21(9-7-12)17(23)13-3-4-13/h2,5,10,12-13H,3-4,6-9H2,1H3,(H,19,20,22). The van der Waals surface area contributed by atoms with Crippen LogP contribution in [0.15, 0.2) is 18.2 Å². The van der Waals surface area contributed by atoms with Gasteiger partial charge in [0, 0.05) is 24.9 Å². The monoisotopic (exact) mass is 343 g/mol. The number of carbonyl (C=O) groups excluding carboxylic acids is 2. The van der Waals surface area contributed by atoms with E-state index in [1.165, 1.54) is 16.9 Å². The minimum atomic E-state index is -0.0259. The van der Waals surface area contributed by atoms with E-state index >= 15 is 0 Å². The van der Waals surface area contributed by atoms with E-state index in [0.717, 1.165) is 35.9 Å². The molecule has 1 aromatic heterocycles. The third kappa shape index (κ3) is 3.15. The van der Waals surface area contributed by atoms with E-state index < -0.39 is 0 Å². The van der Waals surface area contributed by atoms with Gasteiger partial charge < -0.3 is 10.2 Å². The molecule has 24 heavy (non-hydrogen) atoms. The number of aromatic nitrogens is 1. The fraction of sp³-hybridized carbons (Fsp3) is 0.500. The summed E-state index contributed by atoms with van der Waals surface area (Å²) in [6, 6.07) is 6.10. The lowest BCUT2D eigenvalue weighted by molar-refractivity contribution is -0.135. The molecule has 2 aromatic rings. The molecular formula is C18H21N3O2S. The quantitative estimate of drug-likeness (QED) is 0.931. The number of thiazole rings is 1. The minimum Gasteiger partial charge on any atom is -0.342 e. The Hall–Kier alpha value is -1.95. The van der Waals surface area contributed by atoms with E-state index in [0.29, 0.717) is 18.2 Å². The Morgan fingerprint density at radius 1 is 1.17 bits per heavy atom. The van der Waals surface area contributed by atoms with Crippen LogP contribution in [0.5, 0.6) is 0 Å². The molecule has 1 saturated heterocycles. The van der Waals surface area contributed by atoms with Crippen molar-refractivity contribution in [1.29, 1.82) is 0 Å². The number of hydrogen-bond donors (Lipinski definition) is 1. The highest BCUT2D eigenvalue weighted by atomic mass is 32.1. The lowest BCUT2D eigenvalue weighted by atomic mass is 9.95. The first-order valence-corrected chi connectivity index (χ1v) is 9.38. The largest absolute Gasteiger partial charge is 0.342 e. The number of nitrogens with one attached hydrogen (secondary N) is 1. The van der Waals surface area contributed by atoms with Gasteiger partial charge in [-0.05, 0) is 50.3 Å². The molecule has 0 spiro atoms. The highest BCUT2D eigenvalue weighted by Gasteiger charge is 2.36. The Morgan fingerprint density at radius 3 is 2.62 bits per heavy atom. The predicted octanol–water partition coefficient (Wildman–Crippen LogP) is 3.19. The van der Waals surface area contributed by atoms with Gasteiger partial charge in [-0.15, -0.1) is 0 Å². The first-order valence-electron chi connectivity index (χ1n) is 8.57. The summed E-state index contributed by atoms with van der Waals surface area (Å²) in [6.45, 7) is 3.45. The van der Waals surface area contributed by atoms with Crippen molar-refractivity contribution in [1.82, 2.24) is 9.88 Å². The van der Waals surface area contributed by atoms with Gasteiger partial charge in [0.2, 0.25) is 11.8 Å². The van der Waals surface area contributed by atoms with Crippen LogP contribution < -0.4 is 5.32 Å². The van der Waals surface area contributed by atoms with Crippen molar-refractivity contribution < 1.29 is 9.59 Å². The van der Waals surface area contributed by atoms with Gasteiger partial charge in [-0.1, -0.05) is 17.4 Å². The second kappa shape index (κ2) is 6.16. The lowest BCUT2D eigenvalue weighted by Gasteiger charge is -2.31. The van der Waals surface area contributed by atoms with Crippen molar-refractivity contribution in [2.75, 3.05) is 18.4 Å². The van der Waals surface area contributed by atoms with Crippen LogP contribution in [0, 0.1) is 18.8 Å². The Kier molecular flexibility index (Phi) is 4.00. The fourth-order valence-corrected chi connectivity index (χ4v) is 4.21. The van der Waals surface area contributed by atoms with E-state index in [9.17, 15) is 9.59 Å². The molecule has 1 aromatic carbocycles. The van der Waals surface area contributed by atoms with Gasteiger partial charge in [0.1, 0.15) is 0 Å². The number of piperidine rings is 1.